The molecule has 154 valence electrons. The maximum Gasteiger partial charge on any atom is 0.275 e. The Hall–Kier alpha value is -3.79. The zero-order valence-electron chi connectivity index (χ0n) is 16.1. The maximum atomic E-state index is 12.8. The van der Waals surface area contributed by atoms with Crippen molar-refractivity contribution in [3.8, 4) is 0 Å². The second kappa shape index (κ2) is 8.29. The van der Waals surface area contributed by atoms with E-state index in [1.165, 1.54) is 24.3 Å². The van der Waals surface area contributed by atoms with Crippen molar-refractivity contribution in [2.75, 3.05) is 38.0 Å². The molecule has 4 rings (SSSR count). The van der Waals surface area contributed by atoms with Crippen LogP contribution in [0.5, 0.6) is 0 Å². The van der Waals surface area contributed by atoms with E-state index in [9.17, 15) is 19.7 Å². The lowest BCUT2D eigenvalue weighted by Gasteiger charge is -2.34. The minimum absolute atomic E-state index is 0.0292. The normalized spacial score (nSPS) is 14.6. The molecule has 3 aromatic rings. The third-order valence-corrected chi connectivity index (χ3v) is 5.06. The number of nitro groups is 1. The lowest BCUT2D eigenvalue weighted by Crippen LogP contribution is -2.50. The van der Waals surface area contributed by atoms with Gasteiger partial charge in [-0.3, -0.25) is 29.7 Å². The fourth-order valence-electron chi connectivity index (χ4n) is 3.46. The Bertz CT molecular complexity index is 1090. The number of fused-ring (bicyclic) bond motifs is 1. The zero-order chi connectivity index (χ0) is 21.1. The minimum Gasteiger partial charge on any atom is -0.335 e. The fraction of sp³-hybridized carbons (Fsp3) is 0.250. The number of nitrogens with zero attached hydrogens (tertiary/aromatic N) is 4. The van der Waals surface area contributed by atoms with E-state index in [-0.39, 0.29) is 24.0 Å². The molecule has 0 spiro atoms. The van der Waals surface area contributed by atoms with E-state index in [1.54, 1.807) is 4.90 Å². The first-order chi connectivity index (χ1) is 14.5. The van der Waals surface area contributed by atoms with Gasteiger partial charge in [-0.05, 0) is 18.2 Å². The highest BCUT2D eigenvalue weighted by atomic mass is 16.6. The molecule has 0 saturated carbocycles. The van der Waals surface area contributed by atoms with Crippen molar-refractivity contribution in [2.45, 2.75) is 0 Å². The van der Waals surface area contributed by atoms with Crippen LogP contribution in [0.2, 0.25) is 0 Å². The lowest BCUT2D eigenvalue weighted by atomic mass is 10.2. The molecular formula is C20H20N6O4. The summed E-state index contributed by atoms with van der Waals surface area (Å²) in [7, 11) is 0. The van der Waals surface area contributed by atoms with Crippen molar-refractivity contribution in [1.29, 1.82) is 0 Å². The Morgan fingerprint density at radius 2 is 1.77 bits per heavy atom. The number of amides is 2. The van der Waals surface area contributed by atoms with Crippen LogP contribution in [0, 0.1) is 10.1 Å². The highest BCUT2D eigenvalue weighted by molar-refractivity contribution is 6.04. The molecule has 10 heteroatoms. The Morgan fingerprint density at radius 3 is 2.47 bits per heavy atom. The number of para-hydroxylation sites is 1. The first-order valence-electron chi connectivity index (χ1n) is 9.50. The molecule has 1 aromatic heterocycles. The molecule has 0 atom stereocenters. The zero-order valence-corrected chi connectivity index (χ0v) is 16.1. The molecule has 1 saturated heterocycles. The molecule has 2 aromatic carbocycles. The number of anilines is 1. The average Bonchev–Trinajstić information content (AvgIpc) is 3.18. The van der Waals surface area contributed by atoms with Crippen LogP contribution in [-0.2, 0) is 4.79 Å². The highest BCUT2D eigenvalue weighted by Crippen LogP contribution is 2.18. The van der Waals surface area contributed by atoms with Gasteiger partial charge >= 0.3 is 0 Å². The molecule has 2 amide bonds. The summed E-state index contributed by atoms with van der Waals surface area (Å²) in [5, 5.41) is 21.3. The van der Waals surface area contributed by atoms with Gasteiger partial charge in [0.2, 0.25) is 5.91 Å². The monoisotopic (exact) mass is 408 g/mol. The van der Waals surface area contributed by atoms with Gasteiger partial charge in [0.25, 0.3) is 11.6 Å². The number of rotatable bonds is 5. The first-order valence-corrected chi connectivity index (χ1v) is 9.50. The van der Waals surface area contributed by atoms with Crippen LogP contribution in [-0.4, -0.2) is 69.5 Å². The number of non-ortho nitro benzene ring substituents is 1. The molecule has 1 aliphatic heterocycles. The van der Waals surface area contributed by atoms with Crippen molar-refractivity contribution in [1.82, 2.24) is 20.0 Å². The Kier molecular flexibility index (Phi) is 5.40. The van der Waals surface area contributed by atoms with Crippen molar-refractivity contribution >= 4 is 34.1 Å². The van der Waals surface area contributed by atoms with Crippen LogP contribution in [0.1, 0.15) is 10.5 Å². The van der Waals surface area contributed by atoms with Crippen molar-refractivity contribution in [3.63, 3.8) is 0 Å². The van der Waals surface area contributed by atoms with Gasteiger partial charge in [-0.2, -0.15) is 5.10 Å². The number of carbonyl (C=O) groups is 2. The molecule has 0 radical (unpaired) electrons. The van der Waals surface area contributed by atoms with E-state index >= 15 is 0 Å². The summed E-state index contributed by atoms with van der Waals surface area (Å²) in [5.74, 6) is -0.329. The summed E-state index contributed by atoms with van der Waals surface area (Å²) in [4.78, 5) is 39.0. The minimum atomic E-state index is -0.488. The predicted molar refractivity (Wildman–Crippen MR) is 110 cm³/mol. The van der Waals surface area contributed by atoms with Crippen LogP contribution in [0.4, 0.5) is 11.4 Å². The summed E-state index contributed by atoms with van der Waals surface area (Å²) in [6.45, 7) is 2.34. The number of carbonyl (C=O) groups excluding carboxylic acids is 2. The van der Waals surface area contributed by atoms with Gasteiger partial charge < -0.3 is 10.2 Å². The van der Waals surface area contributed by atoms with Crippen molar-refractivity contribution in [2.24, 2.45) is 0 Å². The van der Waals surface area contributed by atoms with Gasteiger partial charge in [-0.1, -0.05) is 18.2 Å². The van der Waals surface area contributed by atoms with E-state index in [0.717, 1.165) is 10.9 Å². The number of aromatic nitrogens is 2. The van der Waals surface area contributed by atoms with E-state index in [4.69, 9.17) is 0 Å². The van der Waals surface area contributed by atoms with Crippen molar-refractivity contribution < 1.29 is 14.5 Å². The SMILES string of the molecule is O=C(CN1CCN(C(=O)c2n[nH]c3ccccc23)CC1)Nc1ccc([N+](=O)[O-])cc1. The van der Waals surface area contributed by atoms with Gasteiger partial charge in [0.05, 0.1) is 17.0 Å². The molecule has 0 aliphatic carbocycles. The third-order valence-electron chi connectivity index (χ3n) is 5.06. The largest absolute Gasteiger partial charge is 0.335 e. The van der Waals surface area contributed by atoms with Gasteiger partial charge in [0.15, 0.2) is 5.69 Å². The van der Waals surface area contributed by atoms with E-state index in [0.29, 0.717) is 37.6 Å². The number of nitrogens with one attached hydrogen (secondary N) is 2. The molecule has 1 fully saturated rings. The number of hydrogen-bond acceptors (Lipinski definition) is 6. The third kappa shape index (κ3) is 4.13. The van der Waals surface area contributed by atoms with E-state index in [2.05, 4.69) is 15.5 Å². The second-order valence-electron chi connectivity index (χ2n) is 7.04. The van der Waals surface area contributed by atoms with E-state index in [1.807, 2.05) is 29.2 Å². The summed E-state index contributed by atoms with van der Waals surface area (Å²) in [5.41, 5.74) is 1.71. The van der Waals surface area contributed by atoms with Gasteiger partial charge in [0, 0.05) is 49.4 Å². The molecule has 30 heavy (non-hydrogen) atoms. The molecular weight excluding hydrogens is 388 g/mol. The average molecular weight is 408 g/mol. The highest BCUT2D eigenvalue weighted by Gasteiger charge is 2.26. The molecule has 0 bridgehead atoms. The van der Waals surface area contributed by atoms with E-state index < -0.39 is 4.92 Å². The number of benzene rings is 2. The van der Waals surface area contributed by atoms with Crippen molar-refractivity contribution in [3.05, 3.63) is 64.3 Å². The summed E-state index contributed by atoms with van der Waals surface area (Å²) in [6, 6.07) is 13.2. The Morgan fingerprint density at radius 1 is 1.07 bits per heavy atom. The van der Waals surface area contributed by atoms with Crippen LogP contribution >= 0.6 is 0 Å². The van der Waals surface area contributed by atoms with Crippen LogP contribution in [0.25, 0.3) is 10.9 Å². The molecule has 0 unspecified atom stereocenters. The number of aromatic amines is 1. The first kappa shape index (κ1) is 19.5. The predicted octanol–water partition coefficient (Wildman–Crippen LogP) is 1.87. The van der Waals surface area contributed by atoms with Crippen LogP contribution in [0.3, 0.4) is 0 Å². The Balaban J connectivity index is 1.29. The maximum absolute atomic E-state index is 12.8. The summed E-state index contributed by atoms with van der Waals surface area (Å²) in [6.07, 6.45) is 0. The molecule has 2 N–H and O–H groups in total. The molecule has 10 nitrogen and oxygen atoms in total. The fourth-order valence-corrected chi connectivity index (χ4v) is 3.46. The second-order valence-corrected chi connectivity index (χ2v) is 7.04. The number of piperazine rings is 1. The molecule has 2 heterocycles. The van der Waals surface area contributed by atoms with Gasteiger partial charge in [0.1, 0.15) is 0 Å². The summed E-state index contributed by atoms with van der Waals surface area (Å²) < 4.78 is 0. The number of H-pyrrole nitrogens is 1. The topological polar surface area (TPSA) is 124 Å². The summed E-state index contributed by atoms with van der Waals surface area (Å²) >= 11 is 0. The quantitative estimate of drug-likeness (QED) is 0.491. The molecule has 1 aliphatic rings. The number of nitro benzene ring substituents is 1. The smallest absolute Gasteiger partial charge is 0.275 e. The van der Waals surface area contributed by atoms with Crippen LogP contribution in [0.15, 0.2) is 48.5 Å². The van der Waals surface area contributed by atoms with Gasteiger partial charge in [-0.15, -0.1) is 0 Å². The van der Waals surface area contributed by atoms with Crippen LogP contribution < -0.4 is 5.32 Å². The van der Waals surface area contributed by atoms with Gasteiger partial charge in [-0.25, -0.2) is 0 Å². The number of hydrogen-bond donors (Lipinski definition) is 2. The Labute approximate surface area is 171 Å². The standard InChI is InChI=1S/C20H20N6O4/c27-18(21-14-5-7-15(8-6-14)26(29)30)13-24-9-11-25(12-10-24)20(28)19-16-3-1-2-4-17(16)22-23-19/h1-8H,9-13H2,(H,21,27)(H,22,23). The lowest BCUT2D eigenvalue weighted by molar-refractivity contribution is -0.384.